The van der Waals surface area contributed by atoms with Gasteiger partial charge in [0.25, 0.3) is 0 Å². The number of thioether (sulfide) groups is 1. The van der Waals surface area contributed by atoms with Gasteiger partial charge in [-0.1, -0.05) is 0 Å². The Balaban J connectivity index is 2.04. The predicted octanol–water partition coefficient (Wildman–Crippen LogP) is 2.45. The summed E-state index contributed by atoms with van der Waals surface area (Å²) >= 11 is 3.92. The van der Waals surface area contributed by atoms with E-state index >= 15 is 0 Å². The van der Waals surface area contributed by atoms with Gasteiger partial charge in [0, 0.05) is 46.9 Å². The minimum atomic E-state index is 0.677. The topological polar surface area (TPSA) is 29.3 Å². The summed E-state index contributed by atoms with van der Waals surface area (Å²) in [4.78, 5) is 5.34. The zero-order chi connectivity index (χ0) is 11.5. The molecule has 0 spiro atoms. The molecule has 1 atom stereocenters. The van der Waals surface area contributed by atoms with Crippen molar-refractivity contribution in [2.75, 3.05) is 18.1 Å². The molecule has 2 nitrogen and oxygen atoms in total. The van der Waals surface area contributed by atoms with E-state index in [1.165, 1.54) is 33.4 Å². The Morgan fingerprint density at radius 3 is 3.00 bits per heavy atom. The van der Waals surface area contributed by atoms with Crippen LogP contribution in [0.2, 0.25) is 0 Å². The van der Waals surface area contributed by atoms with Crippen molar-refractivity contribution < 1.29 is 0 Å². The molecule has 90 valence electrons. The average Bonchev–Trinajstić information content (AvgIpc) is 2.63. The normalized spacial score (nSPS) is 22.6. The molecule has 4 heteroatoms. The molecule has 0 amide bonds. The summed E-state index contributed by atoms with van der Waals surface area (Å²) in [7, 11) is 0. The second-order valence-corrected chi connectivity index (χ2v) is 6.88. The average molecular weight is 256 g/mol. The first-order valence-electron chi connectivity index (χ1n) is 5.80. The summed E-state index contributed by atoms with van der Waals surface area (Å²) in [6, 6.07) is 2.99. The van der Waals surface area contributed by atoms with Crippen LogP contribution in [-0.4, -0.2) is 29.0 Å². The van der Waals surface area contributed by atoms with E-state index in [0.29, 0.717) is 12.6 Å². The van der Waals surface area contributed by atoms with E-state index in [0.717, 1.165) is 6.54 Å². The van der Waals surface area contributed by atoms with Crippen LogP contribution < -0.4 is 5.73 Å². The SMILES string of the molecule is Cc1sc(CN)cc1CN1CCSCC1C. The number of aryl methyl sites for hydroxylation is 1. The Bertz CT molecular complexity index is 349. The van der Waals surface area contributed by atoms with Crippen LogP contribution in [-0.2, 0) is 13.1 Å². The van der Waals surface area contributed by atoms with E-state index in [4.69, 9.17) is 5.73 Å². The smallest absolute Gasteiger partial charge is 0.0274 e. The van der Waals surface area contributed by atoms with Crippen LogP contribution in [0.4, 0.5) is 0 Å². The molecule has 0 radical (unpaired) electrons. The summed E-state index contributed by atoms with van der Waals surface area (Å²) in [5.41, 5.74) is 7.16. The number of rotatable bonds is 3. The molecule has 0 aliphatic carbocycles. The van der Waals surface area contributed by atoms with E-state index in [1.807, 2.05) is 11.3 Å². The van der Waals surface area contributed by atoms with Crippen molar-refractivity contribution in [2.24, 2.45) is 5.73 Å². The first kappa shape index (κ1) is 12.4. The van der Waals surface area contributed by atoms with Gasteiger partial charge in [-0.25, -0.2) is 0 Å². The third-order valence-electron chi connectivity index (χ3n) is 3.15. The molecule has 16 heavy (non-hydrogen) atoms. The van der Waals surface area contributed by atoms with Crippen LogP contribution in [0.15, 0.2) is 6.07 Å². The van der Waals surface area contributed by atoms with Crippen molar-refractivity contribution >= 4 is 23.1 Å². The van der Waals surface area contributed by atoms with Crippen molar-refractivity contribution in [2.45, 2.75) is 33.0 Å². The zero-order valence-electron chi connectivity index (χ0n) is 10.0. The molecule has 1 unspecified atom stereocenters. The maximum Gasteiger partial charge on any atom is 0.0274 e. The molecular weight excluding hydrogens is 236 g/mol. The molecule has 1 aliphatic rings. The molecular formula is C12H20N2S2. The van der Waals surface area contributed by atoms with Gasteiger partial charge in [0.2, 0.25) is 0 Å². The highest BCUT2D eigenvalue weighted by molar-refractivity contribution is 7.99. The van der Waals surface area contributed by atoms with Crippen LogP contribution in [0, 0.1) is 6.92 Å². The maximum absolute atomic E-state index is 5.69. The van der Waals surface area contributed by atoms with Crippen LogP contribution >= 0.6 is 23.1 Å². The molecule has 2 N–H and O–H groups in total. The van der Waals surface area contributed by atoms with Crippen molar-refractivity contribution in [3.8, 4) is 0 Å². The highest BCUT2D eigenvalue weighted by Crippen LogP contribution is 2.25. The molecule has 2 heterocycles. The third-order valence-corrected chi connectivity index (χ3v) is 5.46. The lowest BCUT2D eigenvalue weighted by molar-refractivity contribution is 0.224. The fourth-order valence-electron chi connectivity index (χ4n) is 2.06. The van der Waals surface area contributed by atoms with Gasteiger partial charge in [0.05, 0.1) is 0 Å². The number of hydrogen-bond acceptors (Lipinski definition) is 4. The van der Waals surface area contributed by atoms with Crippen LogP contribution in [0.25, 0.3) is 0 Å². The molecule has 1 saturated heterocycles. The molecule has 2 rings (SSSR count). The summed E-state index contributed by atoms with van der Waals surface area (Å²) in [5, 5.41) is 0. The van der Waals surface area contributed by atoms with Crippen LogP contribution in [0.5, 0.6) is 0 Å². The maximum atomic E-state index is 5.69. The minimum absolute atomic E-state index is 0.677. The standard InChI is InChI=1S/C12H20N2S2/c1-9-8-15-4-3-14(9)7-11-5-12(6-13)16-10(11)2/h5,9H,3-4,6-8,13H2,1-2H3. The quantitative estimate of drug-likeness (QED) is 0.901. The predicted molar refractivity (Wildman–Crippen MR) is 74.1 cm³/mol. The minimum Gasteiger partial charge on any atom is -0.326 e. The van der Waals surface area contributed by atoms with Gasteiger partial charge in [-0.3, -0.25) is 4.90 Å². The monoisotopic (exact) mass is 256 g/mol. The van der Waals surface area contributed by atoms with Gasteiger partial charge >= 0.3 is 0 Å². The summed E-state index contributed by atoms with van der Waals surface area (Å²) in [6.45, 7) is 7.54. The molecule has 0 saturated carbocycles. The Morgan fingerprint density at radius 1 is 1.56 bits per heavy atom. The summed E-state index contributed by atoms with van der Waals surface area (Å²) in [5.74, 6) is 2.55. The molecule has 1 aromatic rings. The lowest BCUT2D eigenvalue weighted by Gasteiger charge is -2.32. The van der Waals surface area contributed by atoms with Crippen LogP contribution in [0.3, 0.4) is 0 Å². The van der Waals surface area contributed by atoms with Crippen molar-refractivity contribution in [1.82, 2.24) is 4.90 Å². The number of hydrogen-bond donors (Lipinski definition) is 1. The van der Waals surface area contributed by atoms with Crippen molar-refractivity contribution in [1.29, 1.82) is 0 Å². The van der Waals surface area contributed by atoms with Crippen molar-refractivity contribution in [3.63, 3.8) is 0 Å². The van der Waals surface area contributed by atoms with Gasteiger partial charge < -0.3 is 5.73 Å². The number of nitrogens with zero attached hydrogens (tertiary/aromatic N) is 1. The van der Waals surface area contributed by atoms with Crippen molar-refractivity contribution in [3.05, 3.63) is 21.4 Å². The highest BCUT2D eigenvalue weighted by Gasteiger charge is 2.19. The molecule has 1 aliphatic heterocycles. The lowest BCUT2D eigenvalue weighted by Crippen LogP contribution is -2.39. The molecule has 0 bridgehead atoms. The number of thiophene rings is 1. The second-order valence-electron chi connectivity index (χ2n) is 4.39. The van der Waals surface area contributed by atoms with E-state index in [2.05, 4.69) is 36.6 Å². The van der Waals surface area contributed by atoms with Gasteiger partial charge in [0.1, 0.15) is 0 Å². The van der Waals surface area contributed by atoms with Gasteiger partial charge in [0.15, 0.2) is 0 Å². The zero-order valence-corrected chi connectivity index (χ0v) is 11.7. The summed E-state index contributed by atoms with van der Waals surface area (Å²) < 4.78 is 0. The molecule has 0 aromatic carbocycles. The van der Waals surface area contributed by atoms with E-state index in [-0.39, 0.29) is 0 Å². The summed E-state index contributed by atoms with van der Waals surface area (Å²) in [6.07, 6.45) is 0. The fraction of sp³-hybridized carbons (Fsp3) is 0.667. The Kier molecular flexibility index (Phi) is 4.30. The second kappa shape index (κ2) is 5.54. The largest absolute Gasteiger partial charge is 0.326 e. The van der Waals surface area contributed by atoms with E-state index in [1.54, 1.807) is 0 Å². The Hall–Kier alpha value is -0.0300. The van der Waals surface area contributed by atoms with Gasteiger partial charge in [-0.05, 0) is 25.5 Å². The Labute approximate surface area is 106 Å². The first-order chi connectivity index (χ1) is 7.70. The van der Waals surface area contributed by atoms with Crippen LogP contribution in [0.1, 0.15) is 22.2 Å². The fourth-order valence-corrected chi connectivity index (χ4v) is 4.07. The molecule has 1 aromatic heterocycles. The number of nitrogens with two attached hydrogens (primary N) is 1. The van der Waals surface area contributed by atoms with Gasteiger partial charge in [-0.15, -0.1) is 11.3 Å². The first-order valence-corrected chi connectivity index (χ1v) is 7.78. The van der Waals surface area contributed by atoms with Gasteiger partial charge in [-0.2, -0.15) is 11.8 Å². The third kappa shape index (κ3) is 2.80. The lowest BCUT2D eigenvalue weighted by atomic mass is 10.2. The van der Waals surface area contributed by atoms with E-state index < -0.39 is 0 Å². The van der Waals surface area contributed by atoms with E-state index in [9.17, 15) is 0 Å². The highest BCUT2D eigenvalue weighted by atomic mass is 32.2. The Morgan fingerprint density at radius 2 is 2.38 bits per heavy atom. The molecule has 1 fully saturated rings.